The number of hydrogen-bond acceptors (Lipinski definition) is 6. The lowest BCUT2D eigenvalue weighted by Gasteiger charge is -2.22. The first-order chi connectivity index (χ1) is 12.2. The number of rotatable bonds is 4. The number of cyclic esters (lactones) is 1. The standard InChI is InChI=1S/C16H16FN5O3/c17-12-5-10(1-2-13(12)20-8-14-15(9-20)25-14)22-7-11(24-16(22)23)6-21-4-3-18-19-21/h1-5,11,14-15H,6-9H2/t11-,14?,15?/m1/s1. The van der Waals surface area contributed by atoms with Crippen LogP contribution in [0.15, 0.2) is 30.6 Å². The van der Waals surface area contributed by atoms with Gasteiger partial charge < -0.3 is 14.4 Å². The number of halogens is 1. The maximum absolute atomic E-state index is 14.5. The highest BCUT2D eigenvalue weighted by Crippen LogP contribution is 2.36. The number of ether oxygens (including phenoxy) is 2. The lowest BCUT2D eigenvalue weighted by atomic mass is 10.2. The van der Waals surface area contributed by atoms with Gasteiger partial charge in [0.15, 0.2) is 0 Å². The molecule has 1 amide bonds. The molecule has 0 bridgehead atoms. The first kappa shape index (κ1) is 14.6. The number of morpholine rings is 1. The minimum atomic E-state index is -0.479. The Morgan fingerprint density at radius 3 is 2.80 bits per heavy atom. The largest absolute Gasteiger partial charge is 0.442 e. The Hall–Kier alpha value is -2.68. The fraction of sp³-hybridized carbons (Fsp3) is 0.438. The first-order valence-electron chi connectivity index (χ1n) is 8.19. The molecule has 3 atom stereocenters. The number of nitrogens with zero attached hydrogens (tertiary/aromatic N) is 5. The average molecular weight is 345 g/mol. The normalized spacial score (nSPS) is 27.6. The van der Waals surface area contributed by atoms with Crippen molar-refractivity contribution in [1.29, 1.82) is 0 Å². The van der Waals surface area contributed by atoms with Crippen molar-refractivity contribution < 1.29 is 18.7 Å². The molecule has 3 aliphatic rings. The van der Waals surface area contributed by atoms with Gasteiger partial charge in [-0.05, 0) is 18.2 Å². The van der Waals surface area contributed by atoms with E-state index in [1.54, 1.807) is 29.2 Å². The number of anilines is 2. The van der Waals surface area contributed by atoms with Gasteiger partial charge in [0.1, 0.15) is 24.1 Å². The minimum Gasteiger partial charge on any atom is -0.442 e. The van der Waals surface area contributed by atoms with E-state index in [9.17, 15) is 9.18 Å². The molecule has 9 heteroatoms. The third-order valence-electron chi connectivity index (χ3n) is 4.81. The highest BCUT2D eigenvalue weighted by Gasteiger charge is 2.47. The summed E-state index contributed by atoms with van der Waals surface area (Å²) in [6.45, 7) is 2.19. The summed E-state index contributed by atoms with van der Waals surface area (Å²) in [5.41, 5.74) is 1.04. The van der Waals surface area contributed by atoms with Crippen molar-refractivity contribution in [1.82, 2.24) is 15.0 Å². The van der Waals surface area contributed by atoms with E-state index < -0.39 is 6.09 Å². The number of amides is 1. The predicted molar refractivity (Wildman–Crippen MR) is 84.9 cm³/mol. The molecule has 0 saturated carbocycles. The van der Waals surface area contributed by atoms with Gasteiger partial charge >= 0.3 is 6.09 Å². The van der Waals surface area contributed by atoms with E-state index in [0.29, 0.717) is 37.6 Å². The van der Waals surface area contributed by atoms with Gasteiger partial charge in [-0.1, -0.05) is 5.21 Å². The van der Waals surface area contributed by atoms with Gasteiger partial charge in [-0.2, -0.15) is 0 Å². The van der Waals surface area contributed by atoms with Gasteiger partial charge in [-0.25, -0.2) is 13.9 Å². The molecule has 2 aromatic rings. The number of benzene rings is 1. The summed E-state index contributed by atoms with van der Waals surface area (Å²) in [4.78, 5) is 15.5. The molecule has 0 aliphatic carbocycles. The van der Waals surface area contributed by atoms with Crippen LogP contribution in [0.25, 0.3) is 0 Å². The molecule has 2 unspecified atom stereocenters. The number of aromatic nitrogens is 3. The molecular formula is C16H16FN5O3. The van der Waals surface area contributed by atoms with Crippen molar-refractivity contribution in [3.05, 3.63) is 36.4 Å². The molecule has 3 saturated heterocycles. The maximum Gasteiger partial charge on any atom is 0.414 e. The fourth-order valence-electron chi connectivity index (χ4n) is 3.49. The third-order valence-corrected chi connectivity index (χ3v) is 4.81. The Balaban J connectivity index is 1.31. The molecule has 0 spiro atoms. The van der Waals surface area contributed by atoms with E-state index in [4.69, 9.17) is 9.47 Å². The highest BCUT2D eigenvalue weighted by molar-refractivity contribution is 5.90. The molecule has 3 aliphatic heterocycles. The summed E-state index contributed by atoms with van der Waals surface area (Å²) in [6, 6.07) is 4.86. The van der Waals surface area contributed by atoms with E-state index in [2.05, 4.69) is 10.3 Å². The number of carbonyl (C=O) groups excluding carboxylic acids is 1. The Kier molecular flexibility index (Phi) is 3.17. The van der Waals surface area contributed by atoms with Crippen LogP contribution in [0.4, 0.5) is 20.6 Å². The molecule has 0 N–H and O–H groups in total. The lowest BCUT2D eigenvalue weighted by Crippen LogP contribution is -2.27. The average Bonchev–Trinajstić information content (AvgIpc) is 3.01. The quantitative estimate of drug-likeness (QED) is 0.771. The summed E-state index contributed by atoms with van der Waals surface area (Å²) in [5.74, 6) is -0.341. The molecule has 1 aromatic carbocycles. The first-order valence-corrected chi connectivity index (χ1v) is 8.19. The van der Waals surface area contributed by atoms with Crippen LogP contribution in [0, 0.1) is 5.82 Å². The Bertz CT molecular complexity index is 804. The summed E-state index contributed by atoms with van der Waals surface area (Å²) in [7, 11) is 0. The van der Waals surface area contributed by atoms with Crippen LogP contribution >= 0.6 is 0 Å². The van der Waals surface area contributed by atoms with Crippen LogP contribution in [0.5, 0.6) is 0 Å². The van der Waals surface area contributed by atoms with E-state index >= 15 is 0 Å². The summed E-state index contributed by atoms with van der Waals surface area (Å²) < 4.78 is 26.9. The predicted octanol–water partition coefficient (Wildman–Crippen LogP) is 1.03. The van der Waals surface area contributed by atoms with Crippen LogP contribution in [-0.2, 0) is 16.0 Å². The smallest absolute Gasteiger partial charge is 0.414 e. The monoisotopic (exact) mass is 345 g/mol. The fourth-order valence-corrected chi connectivity index (χ4v) is 3.49. The third kappa shape index (κ3) is 2.60. The molecule has 3 fully saturated rings. The van der Waals surface area contributed by atoms with Crippen molar-refractivity contribution in [3.8, 4) is 0 Å². The SMILES string of the molecule is O=C1O[C@H](Cn2ccnn2)CN1c1ccc(N2CC3OC3C2)c(F)c1. The van der Waals surface area contributed by atoms with Gasteiger partial charge in [-0.3, -0.25) is 4.90 Å². The maximum atomic E-state index is 14.5. The lowest BCUT2D eigenvalue weighted by molar-refractivity contribution is 0.129. The zero-order chi connectivity index (χ0) is 17.0. The van der Waals surface area contributed by atoms with E-state index in [1.807, 2.05) is 4.90 Å². The second-order valence-corrected chi connectivity index (χ2v) is 6.50. The number of hydrogen-bond donors (Lipinski definition) is 0. The molecule has 25 heavy (non-hydrogen) atoms. The molecule has 8 nitrogen and oxygen atoms in total. The van der Waals surface area contributed by atoms with Crippen molar-refractivity contribution in [2.24, 2.45) is 0 Å². The van der Waals surface area contributed by atoms with Crippen molar-refractivity contribution in [3.63, 3.8) is 0 Å². The van der Waals surface area contributed by atoms with E-state index in [0.717, 1.165) is 0 Å². The second-order valence-electron chi connectivity index (χ2n) is 6.50. The minimum absolute atomic E-state index is 0.241. The molecule has 130 valence electrons. The molecule has 1 aromatic heterocycles. The van der Waals surface area contributed by atoms with Gasteiger partial charge in [0.25, 0.3) is 0 Å². The van der Waals surface area contributed by atoms with Crippen molar-refractivity contribution >= 4 is 17.5 Å². The number of epoxide rings is 1. The summed E-state index contributed by atoms with van der Waals surface area (Å²) in [6.07, 6.45) is 2.92. The molecule has 5 rings (SSSR count). The van der Waals surface area contributed by atoms with Crippen LogP contribution < -0.4 is 9.80 Å². The number of carbonyl (C=O) groups is 1. The van der Waals surface area contributed by atoms with Crippen LogP contribution in [0.2, 0.25) is 0 Å². The van der Waals surface area contributed by atoms with Crippen LogP contribution in [0.1, 0.15) is 0 Å². The van der Waals surface area contributed by atoms with E-state index in [1.165, 1.54) is 11.0 Å². The highest BCUT2D eigenvalue weighted by atomic mass is 19.1. The van der Waals surface area contributed by atoms with Crippen LogP contribution in [0.3, 0.4) is 0 Å². The number of fused-ring (bicyclic) bond motifs is 1. The topological polar surface area (TPSA) is 76.0 Å². The van der Waals surface area contributed by atoms with Crippen LogP contribution in [-0.4, -0.2) is 59.0 Å². The zero-order valence-corrected chi connectivity index (χ0v) is 13.3. The zero-order valence-electron chi connectivity index (χ0n) is 13.3. The molecular weight excluding hydrogens is 329 g/mol. The van der Waals surface area contributed by atoms with Gasteiger partial charge in [0.05, 0.1) is 30.7 Å². The molecule has 0 radical (unpaired) electrons. The Morgan fingerprint density at radius 2 is 2.08 bits per heavy atom. The summed E-state index contributed by atoms with van der Waals surface area (Å²) in [5, 5.41) is 7.59. The molecule has 4 heterocycles. The van der Waals surface area contributed by atoms with Crippen molar-refractivity contribution in [2.45, 2.75) is 24.9 Å². The van der Waals surface area contributed by atoms with Gasteiger partial charge in [0, 0.05) is 19.3 Å². The summed E-state index contributed by atoms with van der Waals surface area (Å²) >= 11 is 0. The van der Waals surface area contributed by atoms with Gasteiger partial charge in [0.2, 0.25) is 0 Å². The van der Waals surface area contributed by atoms with E-state index in [-0.39, 0.29) is 24.1 Å². The van der Waals surface area contributed by atoms with Gasteiger partial charge in [-0.15, -0.1) is 5.10 Å². The Labute approximate surface area is 142 Å². The second kappa shape index (κ2) is 5.41. The van der Waals surface area contributed by atoms with Crippen molar-refractivity contribution in [2.75, 3.05) is 29.4 Å². The Morgan fingerprint density at radius 1 is 1.24 bits per heavy atom.